The van der Waals surface area contributed by atoms with E-state index in [1.165, 1.54) is 0 Å². The maximum Gasteiger partial charge on any atom is 0.303 e. The summed E-state index contributed by atoms with van der Waals surface area (Å²) in [6, 6.07) is 0. The van der Waals surface area contributed by atoms with Crippen molar-refractivity contribution in [2.24, 2.45) is 5.92 Å². The van der Waals surface area contributed by atoms with Gasteiger partial charge in [-0.15, -0.1) is 0 Å². The van der Waals surface area contributed by atoms with Crippen molar-refractivity contribution in [3.8, 4) is 0 Å². The fourth-order valence-electron chi connectivity index (χ4n) is 2.07. The van der Waals surface area contributed by atoms with Crippen molar-refractivity contribution >= 4 is 11.9 Å². The van der Waals surface area contributed by atoms with Crippen LogP contribution in [0.4, 0.5) is 0 Å². The van der Waals surface area contributed by atoms with Crippen LogP contribution in [-0.4, -0.2) is 36.7 Å². The molecule has 5 nitrogen and oxygen atoms in total. The zero-order chi connectivity index (χ0) is 13.2. The lowest BCUT2D eigenvalue weighted by molar-refractivity contribution is -0.137. The lowest BCUT2D eigenvalue weighted by atomic mass is 9.99. The zero-order valence-electron chi connectivity index (χ0n) is 10.8. The van der Waals surface area contributed by atoms with Gasteiger partial charge in [0.25, 0.3) is 0 Å². The minimum atomic E-state index is -0.733. The van der Waals surface area contributed by atoms with Gasteiger partial charge in [0.1, 0.15) is 0 Å². The Bertz CT molecular complexity index is 262. The highest BCUT2D eigenvalue weighted by Gasteiger charge is 2.20. The first-order valence-electron chi connectivity index (χ1n) is 6.77. The van der Waals surface area contributed by atoms with Gasteiger partial charge in [0, 0.05) is 32.1 Å². The molecule has 0 bridgehead atoms. The van der Waals surface area contributed by atoms with E-state index in [-0.39, 0.29) is 18.2 Å². The smallest absolute Gasteiger partial charge is 0.303 e. The number of rotatable bonds is 8. The van der Waals surface area contributed by atoms with Gasteiger partial charge in [-0.3, -0.25) is 9.59 Å². The van der Waals surface area contributed by atoms with Crippen molar-refractivity contribution in [3.05, 3.63) is 0 Å². The van der Waals surface area contributed by atoms with Crippen LogP contribution in [0.3, 0.4) is 0 Å². The van der Waals surface area contributed by atoms with Crippen LogP contribution in [0.2, 0.25) is 0 Å². The maximum atomic E-state index is 11.7. The first kappa shape index (κ1) is 15.0. The Labute approximate surface area is 108 Å². The predicted octanol–water partition coefficient (Wildman–Crippen LogP) is 1.56. The zero-order valence-corrected chi connectivity index (χ0v) is 10.8. The molecule has 1 aliphatic rings. The molecule has 0 aromatic rings. The number of carbonyl (C=O) groups is 2. The Morgan fingerprint density at radius 2 is 1.78 bits per heavy atom. The molecule has 5 heteroatoms. The molecule has 0 unspecified atom stereocenters. The number of nitrogens with one attached hydrogen (secondary N) is 1. The summed E-state index contributed by atoms with van der Waals surface area (Å²) in [5, 5.41) is 11.4. The van der Waals surface area contributed by atoms with E-state index in [0.29, 0.717) is 19.8 Å². The molecular formula is C13H23NO4. The first-order valence-corrected chi connectivity index (χ1v) is 6.77. The SMILES string of the molecule is O=C(O)CCCCCCNC(=O)C1CCOCC1. The van der Waals surface area contributed by atoms with Crippen LogP contribution in [0, 0.1) is 5.92 Å². The van der Waals surface area contributed by atoms with Crippen molar-refractivity contribution in [2.45, 2.75) is 44.9 Å². The molecule has 18 heavy (non-hydrogen) atoms. The molecule has 1 rings (SSSR count). The summed E-state index contributed by atoms with van der Waals surface area (Å²) in [5.74, 6) is -0.475. The molecule has 0 atom stereocenters. The van der Waals surface area contributed by atoms with Gasteiger partial charge in [0.15, 0.2) is 0 Å². The van der Waals surface area contributed by atoms with Crippen LogP contribution < -0.4 is 5.32 Å². The van der Waals surface area contributed by atoms with Gasteiger partial charge < -0.3 is 15.2 Å². The molecule has 1 heterocycles. The van der Waals surface area contributed by atoms with E-state index < -0.39 is 5.97 Å². The summed E-state index contributed by atoms with van der Waals surface area (Å²) < 4.78 is 5.21. The molecule has 1 amide bonds. The average Bonchev–Trinajstić information content (AvgIpc) is 2.38. The lowest BCUT2D eigenvalue weighted by Gasteiger charge is -2.21. The third-order valence-electron chi connectivity index (χ3n) is 3.21. The van der Waals surface area contributed by atoms with Gasteiger partial charge in [0.05, 0.1) is 0 Å². The number of unbranched alkanes of at least 4 members (excludes halogenated alkanes) is 3. The summed E-state index contributed by atoms with van der Waals surface area (Å²) in [6.07, 6.45) is 5.43. The third-order valence-corrected chi connectivity index (χ3v) is 3.21. The number of amides is 1. The Hall–Kier alpha value is -1.10. The van der Waals surface area contributed by atoms with E-state index in [0.717, 1.165) is 38.5 Å². The van der Waals surface area contributed by atoms with Gasteiger partial charge in [-0.2, -0.15) is 0 Å². The molecule has 0 aliphatic carbocycles. The number of carbonyl (C=O) groups excluding carboxylic acids is 1. The van der Waals surface area contributed by atoms with Gasteiger partial charge in [-0.05, 0) is 25.7 Å². The van der Waals surface area contributed by atoms with Crippen LogP contribution in [0.1, 0.15) is 44.9 Å². The van der Waals surface area contributed by atoms with Crippen molar-refractivity contribution in [2.75, 3.05) is 19.8 Å². The van der Waals surface area contributed by atoms with E-state index in [1.807, 2.05) is 0 Å². The molecular weight excluding hydrogens is 234 g/mol. The minimum absolute atomic E-state index is 0.116. The molecule has 0 aromatic heterocycles. The Morgan fingerprint density at radius 1 is 1.11 bits per heavy atom. The number of hydrogen-bond acceptors (Lipinski definition) is 3. The van der Waals surface area contributed by atoms with Gasteiger partial charge in [0.2, 0.25) is 5.91 Å². The van der Waals surface area contributed by atoms with Gasteiger partial charge >= 0.3 is 5.97 Å². The van der Waals surface area contributed by atoms with Crippen LogP contribution in [0.15, 0.2) is 0 Å². The Morgan fingerprint density at radius 3 is 2.44 bits per heavy atom. The second-order valence-electron chi connectivity index (χ2n) is 4.74. The molecule has 0 spiro atoms. The van der Waals surface area contributed by atoms with E-state index in [2.05, 4.69) is 5.32 Å². The highest BCUT2D eigenvalue weighted by atomic mass is 16.5. The number of carboxylic acid groups (broad SMARTS) is 1. The van der Waals surface area contributed by atoms with Gasteiger partial charge in [-0.25, -0.2) is 0 Å². The fourth-order valence-corrected chi connectivity index (χ4v) is 2.07. The molecule has 1 saturated heterocycles. The first-order chi connectivity index (χ1) is 8.70. The van der Waals surface area contributed by atoms with Crippen molar-refractivity contribution in [1.82, 2.24) is 5.32 Å². The highest BCUT2D eigenvalue weighted by Crippen LogP contribution is 2.14. The minimum Gasteiger partial charge on any atom is -0.481 e. The molecule has 0 radical (unpaired) electrons. The topological polar surface area (TPSA) is 75.6 Å². The summed E-state index contributed by atoms with van der Waals surface area (Å²) >= 11 is 0. The molecule has 0 saturated carbocycles. The average molecular weight is 257 g/mol. The number of aliphatic carboxylic acids is 1. The largest absolute Gasteiger partial charge is 0.481 e. The summed E-state index contributed by atoms with van der Waals surface area (Å²) in [5.41, 5.74) is 0. The molecule has 1 aliphatic heterocycles. The van der Waals surface area contributed by atoms with Crippen molar-refractivity contribution in [1.29, 1.82) is 0 Å². The monoisotopic (exact) mass is 257 g/mol. The van der Waals surface area contributed by atoms with Crippen LogP contribution in [-0.2, 0) is 14.3 Å². The quantitative estimate of drug-likeness (QED) is 0.647. The third kappa shape index (κ3) is 6.59. The normalized spacial score (nSPS) is 16.4. The summed E-state index contributed by atoms with van der Waals surface area (Å²) in [4.78, 5) is 22.0. The van der Waals surface area contributed by atoms with E-state index >= 15 is 0 Å². The van der Waals surface area contributed by atoms with Crippen molar-refractivity contribution in [3.63, 3.8) is 0 Å². The molecule has 1 fully saturated rings. The highest BCUT2D eigenvalue weighted by molar-refractivity contribution is 5.78. The van der Waals surface area contributed by atoms with Crippen LogP contribution in [0.5, 0.6) is 0 Å². The Balaban J connectivity index is 1.93. The standard InChI is InChI=1S/C13H23NO4/c15-12(16)5-3-1-2-4-8-14-13(17)11-6-9-18-10-7-11/h11H,1-10H2,(H,14,17)(H,15,16). The summed E-state index contributed by atoms with van der Waals surface area (Å²) in [6.45, 7) is 2.07. The van der Waals surface area contributed by atoms with E-state index in [9.17, 15) is 9.59 Å². The van der Waals surface area contributed by atoms with Gasteiger partial charge in [-0.1, -0.05) is 12.8 Å². The predicted molar refractivity (Wildman–Crippen MR) is 67.3 cm³/mol. The van der Waals surface area contributed by atoms with E-state index in [4.69, 9.17) is 9.84 Å². The molecule has 0 aromatic carbocycles. The molecule has 104 valence electrons. The second kappa shape index (κ2) is 8.91. The number of carboxylic acids is 1. The van der Waals surface area contributed by atoms with Crippen LogP contribution >= 0.6 is 0 Å². The number of hydrogen-bond donors (Lipinski definition) is 2. The van der Waals surface area contributed by atoms with E-state index in [1.54, 1.807) is 0 Å². The second-order valence-corrected chi connectivity index (χ2v) is 4.74. The van der Waals surface area contributed by atoms with Crippen LogP contribution in [0.25, 0.3) is 0 Å². The van der Waals surface area contributed by atoms with Crippen molar-refractivity contribution < 1.29 is 19.4 Å². The molecule has 2 N–H and O–H groups in total. The fraction of sp³-hybridized carbons (Fsp3) is 0.846. The Kier molecular flexibility index (Phi) is 7.41. The lowest BCUT2D eigenvalue weighted by Crippen LogP contribution is -2.34. The number of ether oxygens (including phenoxy) is 1. The maximum absolute atomic E-state index is 11.7. The summed E-state index contributed by atoms with van der Waals surface area (Å²) in [7, 11) is 0.